The SMILES string of the molecule is C[C@H](CC[C@@H]1CCCO1)NC(=O)[C@@H]1C[C@@H]1c1c(F)cccc1F. The molecule has 0 spiro atoms. The van der Waals surface area contributed by atoms with E-state index in [0.717, 1.165) is 32.3 Å². The van der Waals surface area contributed by atoms with Crippen LogP contribution < -0.4 is 5.32 Å². The fraction of sp³-hybridized carbons (Fsp3) is 0.611. The third kappa shape index (κ3) is 3.89. The van der Waals surface area contributed by atoms with Crippen molar-refractivity contribution >= 4 is 5.91 Å². The molecule has 1 N–H and O–H groups in total. The highest BCUT2D eigenvalue weighted by Crippen LogP contribution is 2.49. The summed E-state index contributed by atoms with van der Waals surface area (Å²) in [6, 6.07) is 3.89. The molecule has 2 fully saturated rings. The zero-order valence-electron chi connectivity index (χ0n) is 13.4. The summed E-state index contributed by atoms with van der Waals surface area (Å²) in [5, 5.41) is 2.97. The minimum atomic E-state index is -0.559. The van der Waals surface area contributed by atoms with Gasteiger partial charge < -0.3 is 10.1 Å². The van der Waals surface area contributed by atoms with Crippen molar-refractivity contribution in [1.82, 2.24) is 5.32 Å². The van der Waals surface area contributed by atoms with Gasteiger partial charge in [-0.2, -0.15) is 0 Å². The molecule has 5 heteroatoms. The monoisotopic (exact) mass is 323 g/mol. The Morgan fingerprint density at radius 1 is 1.39 bits per heavy atom. The van der Waals surface area contributed by atoms with Crippen molar-refractivity contribution in [2.75, 3.05) is 6.61 Å². The molecule has 1 heterocycles. The molecule has 0 aromatic heterocycles. The van der Waals surface area contributed by atoms with Gasteiger partial charge in [-0.05, 0) is 51.2 Å². The Bertz CT molecular complexity index is 552. The quantitative estimate of drug-likeness (QED) is 0.870. The van der Waals surface area contributed by atoms with E-state index in [9.17, 15) is 13.6 Å². The average molecular weight is 323 g/mol. The lowest BCUT2D eigenvalue weighted by molar-refractivity contribution is -0.123. The minimum absolute atomic E-state index is 0.0541. The summed E-state index contributed by atoms with van der Waals surface area (Å²) in [4.78, 5) is 12.2. The molecular formula is C18H23F2NO2. The summed E-state index contributed by atoms with van der Waals surface area (Å²) in [7, 11) is 0. The topological polar surface area (TPSA) is 38.3 Å². The van der Waals surface area contributed by atoms with Crippen LogP contribution in [0, 0.1) is 17.6 Å². The van der Waals surface area contributed by atoms with Crippen LogP contribution in [0.15, 0.2) is 18.2 Å². The molecule has 3 rings (SSSR count). The van der Waals surface area contributed by atoms with Gasteiger partial charge in [-0.25, -0.2) is 8.78 Å². The average Bonchev–Trinajstić information content (AvgIpc) is 3.10. The predicted molar refractivity (Wildman–Crippen MR) is 83.0 cm³/mol. The highest BCUT2D eigenvalue weighted by atomic mass is 19.1. The van der Waals surface area contributed by atoms with Gasteiger partial charge in [0.15, 0.2) is 0 Å². The van der Waals surface area contributed by atoms with E-state index in [0.29, 0.717) is 12.5 Å². The Morgan fingerprint density at radius 3 is 2.78 bits per heavy atom. The molecule has 1 saturated carbocycles. The van der Waals surface area contributed by atoms with Gasteiger partial charge in [0.2, 0.25) is 5.91 Å². The Morgan fingerprint density at radius 2 is 2.13 bits per heavy atom. The number of halogens is 2. The van der Waals surface area contributed by atoms with E-state index in [1.807, 2.05) is 6.92 Å². The first-order valence-corrected chi connectivity index (χ1v) is 8.42. The number of carbonyl (C=O) groups excluding carboxylic acids is 1. The Balaban J connectivity index is 1.48. The lowest BCUT2D eigenvalue weighted by Crippen LogP contribution is -2.34. The van der Waals surface area contributed by atoms with Gasteiger partial charge in [-0.15, -0.1) is 0 Å². The molecule has 3 nitrogen and oxygen atoms in total. The number of rotatable bonds is 6. The standard InChI is InChI=1S/C18H23F2NO2/c1-11(7-8-12-4-3-9-23-12)21-18(22)14-10-13(14)17-15(19)5-2-6-16(17)20/h2,5-6,11-14H,3-4,7-10H2,1H3,(H,21,22)/t11-,12+,13+,14-/m1/s1. The first kappa shape index (κ1) is 16.4. The molecule has 2 aliphatic rings. The van der Waals surface area contributed by atoms with Crippen LogP contribution in [0.5, 0.6) is 0 Å². The van der Waals surface area contributed by atoms with Crippen LogP contribution in [0.3, 0.4) is 0 Å². The molecule has 1 aliphatic carbocycles. The van der Waals surface area contributed by atoms with E-state index >= 15 is 0 Å². The van der Waals surface area contributed by atoms with Gasteiger partial charge in [0, 0.05) is 30.0 Å². The van der Waals surface area contributed by atoms with Crippen LogP contribution in [0.25, 0.3) is 0 Å². The minimum Gasteiger partial charge on any atom is -0.378 e. The van der Waals surface area contributed by atoms with Gasteiger partial charge >= 0.3 is 0 Å². The molecule has 0 bridgehead atoms. The van der Waals surface area contributed by atoms with Crippen LogP contribution >= 0.6 is 0 Å². The van der Waals surface area contributed by atoms with E-state index < -0.39 is 11.6 Å². The van der Waals surface area contributed by atoms with Crippen molar-refractivity contribution in [1.29, 1.82) is 0 Å². The Kier molecular flexibility index (Phi) is 4.95. The number of amides is 1. The Labute approximate surface area is 135 Å². The van der Waals surface area contributed by atoms with Gasteiger partial charge in [0.25, 0.3) is 0 Å². The molecule has 23 heavy (non-hydrogen) atoms. The van der Waals surface area contributed by atoms with Crippen molar-refractivity contribution in [2.24, 2.45) is 5.92 Å². The molecular weight excluding hydrogens is 300 g/mol. The summed E-state index contributed by atoms with van der Waals surface area (Å²) in [5.41, 5.74) is 0.0552. The highest BCUT2D eigenvalue weighted by Gasteiger charge is 2.46. The van der Waals surface area contributed by atoms with Crippen molar-refractivity contribution in [3.63, 3.8) is 0 Å². The lowest BCUT2D eigenvalue weighted by Gasteiger charge is -2.16. The molecule has 126 valence electrons. The molecule has 4 atom stereocenters. The maximum absolute atomic E-state index is 13.7. The fourth-order valence-electron chi connectivity index (χ4n) is 3.40. The van der Waals surface area contributed by atoms with Crippen molar-refractivity contribution in [2.45, 2.75) is 57.1 Å². The van der Waals surface area contributed by atoms with E-state index in [-0.39, 0.29) is 29.3 Å². The van der Waals surface area contributed by atoms with Crippen LogP contribution in [0.1, 0.15) is 50.5 Å². The second kappa shape index (κ2) is 6.95. The van der Waals surface area contributed by atoms with Crippen molar-refractivity contribution in [3.8, 4) is 0 Å². The molecule has 1 saturated heterocycles. The van der Waals surface area contributed by atoms with Crippen molar-refractivity contribution < 1.29 is 18.3 Å². The molecule has 1 amide bonds. The highest BCUT2D eigenvalue weighted by molar-refractivity contribution is 5.83. The smallest absolute Gasteiger partial charge is 0.223 e. The second-order valence-electron chi connectivity index (χ2n) is 6.71. The number of hydrogen-bond donors (Lipinski definition) is 1. The zero-order chi connectivity index (χ0) is 16.4. The normalized spacial score (nSPS) is 27.7. The molecule has 1 aromatic rings. The van der Waals surface area contributed by atoms with Gasteiger partial charge in [-0.3, -0.25) is 4.79 Å². The number of ether oxygens (including phenoxy) is 1. The van der Waals surface area contributed by atoms with Crippen LogP contribution in [0.2, 0.25) is 0 Å². The summed E-state index contributed by atoms with van der Waals surface area (Å²) in [6.45, 7) is 2.80. The first-order chi connectivity index (χ1) is 11.1. The summed E-state index contributed by atoms with van der Waals surface area (Å²) >= 11 is 0. The van der Waals surface area contributed by atoms with Crippen LogP contribution in [-0.4, -0.2) is 24.7 Å². The maximum Gasteiger partial charge on any atom is 0.223 e. The van der Waals surface area contributed by atoms with E-state index in [1.165, 1.54) is 18.2 Å². The summed E-state index contributed by atoms with van der Waals surface area (Å²) in [5.74, 6) is -1.86. The number of nitrogens with one attached hydrogen (secondary N) is 1. The van der Waals surface area contributed by atoms with Crippen molar-refractivity contribution in [3.05, 3.63) is 35.4 Å². The number of benzene rings is 1. The fourth-order valence-corrected chi connectivity index (χ4v) is 3.40. The first-order valence-electron chi connectivity index (χ1n) is 8.42. The largest absolute Gasteiger partial charge is 0.378 e. The van der Waals surface area contributed by atoms with Gasteiger partial charge in [-0.1, -0.05) is 6.07 Å². The zero-order valence-corrected chi connectivity index (χ0v) is 13.4. The predicted octanol–water partition coefficient (Wildman–Crippen LogP) is 3.53. The Hall–Kier alpha value is -1.49. The van der Waals surface area contributed by atoms with E-state index in [4.69, 9.17) is 4.74 Å². The summed E-state index contributed by atoms with van der Waals surface area (Å²) < 4.78 is 33.1. The third-order valence-corrected chi connectivity index (χ3v) is 4.83. The molecule has 1 aromatic carbocycles. The van der Waals surface area contributed by atoms with Crippen LogP contribution in [0.4, 0.5) is 8.78 Å². The maximum atomic E-state index is 13.7. The molecule has 1 aliphatic heterocycles. The van der Waals surface area contributed by atoms with Gasteiger partial charge in [0.1, 0.15) is 11.6 Å². The van der Waals surface area contributed by atoms with Crippen LogP contribution in [-0.2, 0) is 9.53 Å². The van der Waals surface area contributed by atoms with E-state index in [2.05, 4.69) is 5.32 Å². The second-order valence-corrected chi connectivity index (χ2v) is 6.71. The van der Waals surface area contributed by atoms with E-state index in [1.54, 1.807) is 0 Å². The number of carbonyl (C=O) groups is 1. The third-order valence-electron chi connectivity index (χ3n) is 4.83. The van der Waals surface area contributed by atoms with Gasteiger partial charge in [0.05, 0.1) is 6.10 Å². The number of hydrogen-bond acceptors (Lipinski definition) is 2. The lowest BCUT2D eigenvalue weighted by atomic mass is 10.1. The summed E-state index contributed by atoms with van der Waals surface area (Å²) in [6.07, 6.45) is 4.85. The molecule has 0 radical (unpaired) electrons. The molecule has 0 unspecified atom stereocenters.